The number of carbonyl (C=O) groups excluding carboxylic acids is 1. The quantitative estimate of drug-likeness (QED) is 0.621. The van der Waals surface area contributed by atoms with E-state index in [2.05, 4.69) is 30.2 Å². The van der Waals surface area contributed by atoms with Crippen LogP contribution in [0, 0.1) is 6.92 Å². The van der Waals surface area contributed by atoms with Gasteiger partial charge in [-0.15, -0.1) is 0 Å². The average molecular weight is 379 g/mol. The molecule has 28 heavy (non-hydrogen) atoms. The predicted octanol–water partition coefficient (Wildman–Crippen LogP) is 1.99. The molecule has 2 bridgehead atoms. The lowest BCUT2D eigenvalue weighted by molar-refractivity contribution is 0.0690. The van der Waals surface area contributed by atoms with Crippen LogP contribution < -0.4 is 15.1 Å². The third-order valence-corrected chi connectivity index (χ3v) is 5.25. The van der Waals surface area contributed by atoms with Crippen LogP contribution in [0.15, 0.2) is 24.5 Å². The number of nitrogens with zero attached hydrogens (tertiary/aromatic N) is 5. The smallest absolute Gasteiger partial charge is 0.354 e. The summed E-state index contributed by atoms with van der Waals surface area (Å²) in [5.41, 5.74) is 2.32. The van der Waals surface area contributed by atoms with Crippen LogP contribution in [0.2, 0.25) is 0 Å². The van der Waals surface area contributed by atoms with Crippen molar-refractivity contribution in [1.29, 1.82) is 0 Å². The van der Waals surface area contributed by atoms with E-state index < -0.39 is 12.0 Å². The maximum absolute atomic E-state index is 13.1. The van der Waals surface area contributed by atoms with Gasteiger partial charge in [0.1, 0.15) is 5.65 Å². The van der Waals surface area contributed by atoms with Gasteiger partial charge in [0.05, 0.1) is 11.7 Å². The van der Waals surface area contributed by atoms with Crippen LogP contribution in [0.4, 0.5) is 22.2 Å². The predicted molar refractivity (Wildman–Crippen MR) is 102 cm³/mol. The van der Waals surface area contributed by atoms with Crippen molar-refractivity contribution in [3.05, 3.63) is 35.8 Å². The number of urea groups is 1. The number of carbonyl (C=O) groups is 2. The van der Waals surface area contributed by atoms with E-state index in [1.165, 1.54) is 11.0 Å². The molecule has 0 radical (unpaired) electrons. The molecule has 10 nitrogen and oxygen atoms in total. The number of nitrogens with one attached hydrogen (secondary N) is 2. The number of H-pyrrole nitrogens is 1. The highest BCUT2D eigenvalue weighted by molar-refractivity contribution is 6.04. The largest absolute Gasteiger partial charge is 0.477 e. The number of pyridine rings is 1. The summed E-state index contributed by atoms with van der Waals surface area (Å²) in [5, 5.41) is 12.9. The first-order valence-electron chi connectivity index (χ1n) is 8.91. The topological polar surface area (TPSA) is 127 Å². The molecule has 0 saturated carbocycles. The molecule has 5 heterocycles. The zero-order chi connectivity index (χ0) is 19.4. The molecule has 1 saturated heterocycles. The maximum Gasteiger partial charge on any atom is 0.354 e. The van der Waals surface area contributed by atoms with Crippen molar-refractivity contribution in [2.75, 3.05) is 28.2 Å². The van der Waals surface area contributed by atoms with Gasteiger partial charge in [0.15, 0.2) is 11.5 Å². The van der Waals surface area contributed by atoms with Crippen molar-refractivity contribution in [2.24, 2.45) is 0 Å². The maximum atomic E-state index is 13.1. The van der Waals surface area contributed by atoms with Crippen LogP contribution in [0.3, 0.4) is 0 Å². The van der Waals surface area contributed by atoms with Gasteiger partial charge in [-0.2, -0.15) is 4.98 Å². The Balaban J connectivity index is 1.50. The Morgan fingerprint density at radius 3 is 3.00 bits per heavy atom. The van der Waals surface area contributed by atoms with E-state index in [4.69, 9.17) is 0 Å². The van der Waals surface area contributed by atoms with E-state index >= 15 is 0 Å². The second-order valence-electron chi connectivity index (χ2n) is 6.96. The van der Waals surface area contributed by atoms with Crippen LogP contribution >= 0.6 is 0 Å². The number of rotatable bonds is 2. The Bertz CT molecular complexity index is 1130. The van der Waals surface area contributed by atoms with Gasteiger partial charge < -0.3 is 15.0 Å². The minimum Gasteiger partial charge on any atom is -0.477 e. The number of anilines is 3. The molecule has 3 aromatic heterocycles. The van der Waals surface area contributed by atoms with E-state index in [1.807, 2.05) is 13.1 Å². The Kier molecular flexibility index (Phi) is 3.48. The number of aromatic nitrogens is 4. The second-order valence-corrected chi connectivity index (χ2v) is 6.96. The van der Waals surface area contributed by atoms with Crippen molar-refractivity contribution >= 4 is 40.5 Å². The van der Waals surface area contributed by atoms with Crippen molar-refractivity contribution in [3.8, 4) is 0 Å². The molecule has 2 aliphatic heterocycles. The monoisotopic (exact) mass is 379 g/mol. The zero-order valence-corrected chi connectivity index (χ0v) is 15.0. The lowest BCUT2D eigenvalue weighted by atomic mass is 10.2. The summed E-state index contributed by atoms with van der Waals surface area (Å²) in [6.45, 7) is 3.42. The highest BCUT2D eigenvalue weighted by Gasteiger charge is 2.40. The molecule has 2 aliphatic rings. The lowest BCUT2D eigenvalue weighted by Crippen LogP contribution is -2.48. The number of hydrogen-bond donors (Lipinski definition) is 3. The number of carboxylic acid groups (broad SMARTS) is 1. The number of fused-ring (bicyclic) bond motifs is 5. The van der Waals surface area contributed by atoms with Crippen molar-refractivity contribution < 1.29 is 14.7 Å². The Morgan fingerprint density at radius 2 is 2.18 bits per heavy atom. The van der Waals surface area contributed by atoms with Crippen LogP contribution in [-0.2, 0) is 0 Å². The van der Waals surface area contributed by atoms with E-state index in [0.717, 1.165) is 29.6 Å². The van der Waals surface area contributed by atoms with Gasteiger partial charge >= 0.3 is 12.0 Å². The first-order valence-corrected chi connectivity index (χ1v) is 8.91. The molecule has 0 aliphatic carbocycles. The fourth-order valence-electron chi connectivity index (χ4n) is 3.84. The fourth-order valence-corrected chi connectivity index (χ4v) is 3.84. The third-order valence-electron chi connectivity index (χ3n) is 5.25. The van der Waals surface area contributed by atoms with Crippen LogP contribution in [0.25, 0.3) is 11.0 Å². The highest BCUT2D eigenvalue weighted by atomic mass is 16.4. The summed E-state index contributed by atoms with van der Waals surface area (Å²) in [6, 6.07) is 2.66. The molecule has 0 unspecified atom stereocenters. The minimum absolute atomic E-state index is 0.0829. The summed E-state index contributed by atoms with van der Waals surface area (Å²) in [5.74, 6) is -0.606. The van der Waals surface area contributed by atoms with Crippen molar-refractivity contribution in [1.82, 2.24) is 19.9 Å². The zero-order valence-electron chi connectivity index (χ0n) is 15.0. The van der Waals surface area contributed by atoms with Gasteiger partial charge in [-0.25, -0.2) is 19.6 Å². The average Bonchev–Trinajstić information content (AvgIpc) is 3.26. The Morgan fingerprint density at radius 1 is 1.32 bits per heavy atom. The molecule has 142 valence electrons. The van der Waals surface area contributed by atoms with E-state index in [1.54, 1.807) is 12.3 Å². The first-order chi connectivity index (χ1) is 13.5. The summed E-state index contributed by atoms with van der Waals surface area (Å²) in [6.07, 6.45) is 4.27. The van der Waals surface area contributed by atoms with Crippen molar-refractivity contribution in [2.45, 2.75) is 19.4 Å². The number of amides is 2. The van der Waals surface area contributed by atoms with Crippen molar-refractivity contribution in [3.63, 3.8) is 0 Å². The van der Waals surface area contributed by atoms with Gasteiger partial charge in [0.2, 0.25) is 5.95 Å². The third kappa shape index (κ3) is 2.45. The molecule has 2 amide bonds. The van der Waals surface area contributed by atoms with E-state index in [-0.39, 0.29) is 17.7 Å². The van der Waals surface area contributed by atoms with Crippen LogP contribution in [0.1, 0.15) is 22.5 Å². The molecular formula is C18H17N7O3. The molecule has 3 aromatic rings. The minimum atomic E-state index is -1.13. The Labute approximate surface area is 159 Å². The molecule has 0 spiro atoms. The summed E-state index contributed by atoms with van der Waals surface area (Å²) in [7, 11) is 0. The first kappa shape index (κ1) is 16.5. The lowest BCUT2D eigenvalue weighted by Gasteiger charge is -2.35. The number of aromatic carboxylic acids is 1. The summed E-state index contributed by atoms with van der Waals surface area (Å²) < 4.78 is 0. The molecule has 1 atom stereocenters. The van der Waals surface area contributed by atoms with Gasteiger partial charge in [0, 0.05) is 30.9 Å². The van der Waals surface area contributed by atoms with Gasteiger partial charge in [-0.05, 0) is 31.0 Å². The molecule has 10 heteroatoms. The van der Waals surface area contributed by atoms with Crippen LogP contribution in [-0.4, -0.2) is 56.2 Å². The van der Waals surface area contributed by atoms with Gasteiger partial charge in [0.25, 0.3) is 0 Å². The van der Waals surface area contributed by atoms with Gasteiger partial charge in [-0.1, -0.05) is 0 Å². The normalized spacial score (nSPS) is 17.7. The summed E-state index contributed by atoms with van der Waals surface area (Å²) >= 11 is 0. The molecule has 5 rings (SSSR count). The molecule has 1 fully saturated rings. The molecular weight excluding hydrogens is 362 g/mol. The highest BCUT2D eigenvalue weighted by Crippen LogP contribution is 2.39. The number of carboxylic acids is 1. The number of aryl methyl sites for hydroxylation is 1. The second kappa shape index (κ2) is 5.91. The Hall–Kier alpha value is -3.69. The van der Waals surface area contributed by atoms with Gasteiger partial charge in [-0.3, -0.25) is 10.2 Å². The fraction of sp³-hybridized carbons (Fsp3) is 0.278. The number of hydrogen-bond acceptors (Lipinski definition) is 6. The standard InChI is InChI=1S/C18H17N7O3/c1-9-6-19-14-11(9)7-20-17(22-14)23-18(28)25-10-4-5-24(8-10)13-3-2-12(16(26)27)21-15(13)25/h2-3,6-7,10H,4-5,8H2,1H3,(H,26,27)(H2,19,20,22,23,28)/t10-/m0/s1. The SMILES string of the molecule is Cc1c[nH]c2nc(NC(=O)N3c4nc(C(=O)O)ccc4N4CC[C@H]3C4)ncc12. The van der Waals surface area contributed by atoms with E-state index in [9.17, 15) is 14.7 Å². The number of aromatic amines is 1. The van der Waals surface area contributed by atoms with Crippen LogP contribution in [0.5, 0.6) is 0 Å². The molecule has 0 aromatic carbocycles. The van der Waals surface area contributed by atoms with E-state index in [0.29, 0.717) is 18.0 Å². The summed E-state index contributed by atoms with van der Waals surface area (Å²) in [4.78, 5) is 43.9. The molecule has 3 N–H and O–H groups in total.